The number of anilines is 1. The number of hydrogen-bond acceptors (Lipinski definition) is 6. The van der Waals surface area contributed by atoms with Gasteiger partial charge in [-0.1, -0.05) is 18.9 Å². The second kappa shape index (κ2) is 7.74. The molecule has 1 aromatic carbocycles. The number of carbonyl (C=O) groups excluding carboxylic acids is 1. The molecule has 2 heterocycles. The van der Waals surface area contributed by atoms with Crippen LogP contribution < -0.4 is 5.32 Å². The Morgan fingerprint density at radius 3 is 2.46 bits per heavy atom. The van der Waals surface area contributed by atoms with Crippen LogP contribution in [0, 0.1) is 0 Å². The lowest BCUT2D eigenvalue weighted by molar-refractivity contribution is 0.102. The minimum absolute atomic E-state index is 0.0460. The zero-order valence-corrected chi connectivity index (χ0v) is 15.9. The van der Waals surface area contributed by atoms with E-state index in [2.05, 4.69) is 34.5 Å². The quantitative estimate of drug-likeness (QED) is 0.651. The number of rotatable bonds is 6. The Kier molecular flexibility index (Phi) is 5.41. The fourth-order valence-corrected chi connectivity index (χ4v) is 3.08. The lowest BCUT2D eigenvalue weighted by Crippen LogP contribution is -2.11. The van der Waals surface area contributed by atoms with Crippen LogP contribution >= 0.6 is 11.8 Å². The number of benzene rings is 1. The summed E-state index contributed by atoms with van der Waals surface area (Å²) in [6.45, 7) is 8.31. The summed E-state index contributed by atoms with van der Waals surface area (Å²) in [5, 5.41) is 15.3. The summed E-state index contributed by atoms with van der Waals surface area (Å²) in [5.41, 5.74) is 1.10. The van der Waals surface area contributed by atoms with Crippen LogP contribution in [-0.2, 0) is 0 Å². The molecule has 1 amide bonds. The summed E-state index contributed by atoms with van der Waals surface area (Å²) in [7, 11) is 0. The molecule has 2 aromatic heterocycles. The molecule has 3 rings (SSSR count). The van der Waals surface area contributed by atoms with E-state index < -0.39 is 0 Å². The smallest absolute Gasteiger partial charge is 0.322 e. The fourth-order valence-electron chi connectivity index (χ4n) is 2.24. The van der Waals surface area contributed by atoms with E-state index >= 15 is 0 Å². The largest absolute Gasteiger partial charge is 0.401 e. The Morgan fingerprint density at radius 1 is 1.12 bits per heavy atom. The standard InChI is InChI=1S/C18H21N5O2S/c1-11(2)23-10-9-15(22-23)17-20-21-18(25-17)19-16(24)13-5-7-14(8-6-13)26-12(3)4/h5-12H,1-4H3,(H,19,21,24). The van der Waals surface area contributed by atoms with Crippen molar-refractivity contribution in [2.24, 2.45) is 0 Å². The molecular weight excluding hydrogens is 350 g/mol. The third kappa shape index (κ3) is 4.32. The molecule has 26 heavy (non-hydrogen) atoms. The van der Waals surface area contributed by atoms with Gasteiger partial charge in [-0.05, 0) is 44.2 Å². The molecule has 136 valence electrons. The average molecular weight is 371 g/mol. The zero-order valence-electron chi connectivity index (χ0n) is 15.1. The molecule has 7 nitrogen and oxygen atoms in total. The van der Waals surface area contributed by atoms with Crippen LogP contribution in [0.1, 0.15) is 44.1 Å². The predicted octanol–water partition coefficient (Wildman–Crippen LogP) is 4.27. The monoisotopic (exact) mass is 371 g/mol. The number of nitrogens with one attached hydrogen (secondary N) is 1. The minimum Gasteiger partial charge on any atom is -0.401 e. The van der Waals surface area contributed by atoms with E-state index in [-0.39, 0.29) is 23.9 Å². The zero-order chi connectivity index (χ0) is 18.7. The number of aromatic nitrogens is 4. The van der Waals surface area contributed by atoms with Gasteiger partial charge in [0.05, 0.1) is 0 Å². The van der Waals surface area contributed by atoms with Crippen molar-refractivity contribution in [3.63, 3.8) is 0 Å². The van der Waals surface area contributed by atoms with E-state index in [1.54, 1.807) is 34.6 Å². The molecule has 0 bridgehead atoms. The summed E-state index contributed by atoms with van der Waals surface area (Å²) < 4.78 is 7.30. The van der Waals surface area contributed by atoms with E-state index in [1.807, 2.05) is 32.2 Å². The number of nitrogens with zero attached hydrogens (tertiary/aromatic N) is 4. The maximum absolute atomic E-state index is 12.3. The van der Waals surface area contributed by atoms with Crippen molar-refractivity contribution < 1.29 is 9.21 Å². The van der Waals surface area contributed by atoms with Gasteiger partial charge < -0.3 is 4.42 Å². The van der Waals surface area contributed by atoms with Crippen molar-refractivity contribution >= 4 is 23.7 Å². The van der Waals surface area contributed by atoms with Crippen LogP contribution in [0.15, 0.2) is 45.8 Å². The van der Waals surface area contributed by atoms with Crippen LogP contribution in [0.4, 0.5) is 6.01 Å². The highest BCUT2D eigenvalue weighted by atomic mass is 32.2. The Balaban J connectivity index is 1.67. The summed E-state index contributed by atoms with van der Waals surface area (Å²) in [6.07, 6.45) is 1.85. The van der Waals surface area contributed by atoms with E-state index in [0.29, 0.717) is 16.5 Å². The Morgan fingerprint density at radius 2 is 1.85 bits per heavy atom. The molecule has 0 unspecified atom stereocenters. The second-order valence-corrected chi connectivity index (χ2v) is 7.98. The lowest BCUT2D eigenvalue weighted by Gasteiger charge is -2.05. The molecule has 0 radical (unpaired) electrons. The number of thioether (sulfide) groups is 1. The fraction of sp³-hybridized carbons (Fsp3) is 0.333. The van der Waals surface area contributed by atoms with Gasteiger partial charge in [0.2, 0.25) is 0 Å². The summed E-state index contributed by atoms with van der Waals surface area (Å²) in [5.74, 6) is -0.0302. The first-order valence-corrected chi connectivity index (χ1v) is 9.27. The van der Waals surface area contributed by atoms with E-state index in [1.165, 1.54) is 0 Å². The molecule has 0 fully saturated rings. The van der Waals surface area contributed by atoms with Crippen LogP contribution in [0.25, 0.3) is 11.6 Å². The van der Waals surface area contributed by atoms with Crippen LogP contribution in [0.2, 0.25) is 0 Å². The number of amides is 1. The van der Waals surface area contributed by atoms with Gasteiger partial charge in [-0.3, -0.25) is 14.8 Å². The normalized spacial score (nSPS) is 11.3. The Labute approximate surface area is 156 Å². The molecule has 0 aliphatic rings. The van der Waals surface area contributed by atoms with Gasteiger partial charge in [0.25, 0.3) is 11.8 Å². The molecule has 8 heteroatoms. The predicted molar refractivity (Wildman–Crippen MR) is 101 cm³/mol. The Bertz CT molecular complexity index is 883. The van der Waals surface area contributed by atoms with Gasteiger partial charge in [-0.2, -0.15) is 5.10 Å². The topological polar surface area (TPSA) is 85.8 Å². The molecule has 3 aromatic rings. The van der Waals surface area contributed by atoms with Crippen LogP contribution in [0.3, 0.4) is 0 Å². The first-order valence-electron chi connectivity index (χ1n) is 8.39. The van der Waals surface area contributed by atoms with Gasteiger partial charge >= 0.3 is 6.01 Å². The lowest BCUT2D eigenvalue weighted by atomic mass is 10.2. The van der Waals surface area contributed by atoms with Gasteiger partial charge in [-0.25, -0.2) is 0 Å². The van der Waals surface area contributed by atoms with Gasteiger partial charge in [0, 0.05) is 27.9 Å². The summed E-state index contributed by atoms with van der Waals surface area (Å²) in [4.78, 5) is 13.4. The van der Waals surface area contributed by atoms with Crippen molar-refractivity contribution in [1.29, 1.82) is 0 Å². The van der Waals surface area contributed by atoms with E-state index in [4.69, 9.17) is 4.42 Å². The molecule has 0 atom stereocenters. The maximum Gasteiger partial charge on any atom is 0.322 e. The van der Waals surface area contributed by atoms with Crippen LogP contribution in [0.5, 0.6) is 0 Å². The van der Waals surface area contributed by atoms with Crippen LogP contribution in [-0.4, -0.2) is 31.1 Å². The third-order valence-electron chi connectivity index (χ3n) is 3.49. The second-order valence-electron chi connectivity index (χ2n) is 6.33. The first-order chi connectivity index (χ1) is 12.4. The van der Waals surface area contributed by atoms with E-state index in [0.717, 1.165) is 4.90 Å². The van der Waals surface area contributed by atoms with Gasteiger partial charge in [0.1, 0.15) is 5.69 Å². The maximum atomic E-state index is 12.3. The van der Waals surface area contributed by atoms with Crippen molar-refractivity contribution in [3.8, 4) is 11.6 Å². The van der Waals surface area contributed by atoms with E-state index in [9.17, 15) is 4.79 Å². The summed E-state index contributed by atoms with van der Waals surface area (Å²) in [6, 6.07) is 9.50. The number of carbonyl (C=O) groups is 1. The molecule has 0 saturated heterocycles. The molecule has 0 saturated carbocycles. The highest BCUT2D eigenvalue weighted by Crippen LogP contribution is 2.23. The Hall–Kier alpha value is -2.61. The van der Waals surface area contributed by atoms with Gasteiger partial charge in [0.15, 0.2) is 0 Å². The average Bonchev–Trinajstić information content (AvgIpc) is 3.23. The molecule has 0 aliphatic carbocycles. The van der Waals surface area contributed by atoms with Gasteiger partial charge in [-0.15, -0.1) is 16.9 Å². The first kappa shape index (κ1) is 18.2. The third-order valence-corrected chi connectivity index (χ3v) is 4.51. The SMILES string of the molecule is CC(C)Sc1ccc(C(=O)Nc2nnc(-c3ccn(C(C)C)n3)o2)cc1. The highest BCUT2D eigenvalue weighted by Gasteiger charge is 2.15. The number of hydrogen-bond donors (Lipinski definition) is 1. The minimum atomic E-state index is -0.297. The van der Waals surface area contributed by atoms with Crippen molar-refractivity contribution in [1.82, 2.24) is 20.0 Å². The highest BCUT2D eigenvalue weighted by molar-refractivity contribution is 7.99. The molecule has 1 N–H and O–H groups in total. The molecule has 0 spiro atoms. The van der Waals surface area contributed by atoms with Crippen molar-refractivity contribution in [3.05, 3.63) is 42.1 Å². The van der Waals surface area contributed by atoms with Crippen molar-refractivity contribution in [2.75, 3.05) is 5.32 Å². The molecule has 0 aliphatic heterocycles. The summed E-state index contributed by atoms with van der Waals surface area (Å²) >= 11 is 1.75. The molecular formula is C18H21N5O2S. The van der Waals surface area contributed by atoms with Crippen molar-refractivity contribution in [2.45, 2.75) is 43.9 Å².